The zero-order chi connectivity index (χ0) is 13.5. The third kappa shape index (κ3) is 4.40. The van der Waals surface area contributed by atoms with Crippen molar-refractivity contribution in [2.24, 2.45) is 10.9 Å². The quantitative estimate of drug-likeness (QED) is 0.367. The van der Waals surface area contributed by atoms with Crippen molar-refractivity contribution in [1.29, 1.82) is 0 Å². The van der Waals surface area contributed by atoms with Crippen LogP contribution in [-0.2, 0) is 16.1 Å². The van der Waals surface area contributed by atoms with E-state index in [0.717, 1.165) is 17.8 Å². The van der Waals surface area contributed by atoms with Gasteiger partial charge in [0.2, 0.25) is 0 Å². The van der Waals surface area contributed by atoms with Crippen LogP contribution in [0.15, 0.2) is 17.3 Å². The number of carbonyl (C=O) groups is 1. The Hall–Kier alpha value is -2.11. The lowest BCUT2D eigenvalue weighted by Crippen LogP contribution is -2.22. The fourth-order valence-electron chi connectivity index (χ4n) is 1.28. The summed E-state index contributed by atoms with van der Waals surface area (Å²) in [7, 11) is 0. The number of pyridine rings is 1. The highest BCUT2D eigenvalue weighted by Gasteiger charge is 2.05. The maximum absolute atomic E-state index is 10.5. The lowest BCUT2D eigenvalue weighted by atomic mass is 10.2. The molecule has 1 rings (SSSR count). The Morgan fingerprint density at radius 1 is 1.50 bits per heavy atom. The molecule has 0 bridgehead atoms. The number of oxime groups is 1. The van der Waals surface area contributed by atoms with Gasteiger partial charge in [0, 0.05) is 12.6 Å². The molecule has 0 aliphatic carbocycles. The molecule has 98 valence electrons. The Morgan fingerprint density at radius 3 is 2.83 bits per heavy atom. The van der Waals surface area contributed by atoms with E-state index in [1.807, 2.05) is 26.0 Å². The number of nitrogens with two attached hydrogens (primary N) is 1. The summed E-state index contributed by atoms with van der Waals surface area (Å²) in [5.41, 5.74) is 7.31. The van der Waals surface area contributed by atoms with E-state index in [9.17, 15) is 4.79 Å². The highest BCUT2D eigenvalue weighted by atomic mass is 16.7. The summed E-state index contributed by atoms with van der Waals surface area (Å²) >= 11 is 0. The monoisotopic (exact) mass is 251 g/mol. The lowest BCUT2D eigenvalue weighted by Gasteiger charge is -2.09. The largest absolute Gasteiger partial charge is 0.484 e. The first-order valence-corrected chi connectivity index (χ1v) is 5.62. The molecule has 0 aliphatic heterocycles. The van der Waals surface area contributed by atoms with Gasteiger partial charge >= 0.3 is 5.97 Å². The predicted molar refractivity (Wildman–Crippen MR) is 67.2 cm³/mol. The molecule has 1 heterocycles. The SMILES string of the molecule is CCc1nc(C)ccc1OC/C(N)=N/OC(C)=O. The van der Waals surface area contributed by atoms with Gasteiger partial charge in [0.15, 0.2) is 5.84 Å². The topological polar surface area (TPSA) is 86.8 Å². The number of hydrogen-bond donors (Lipinski definition) is 1. The molecule has 0 aliphatic rings. The molecule has 0 radical (unpaired) electrons. The number of ether oxygens (including phenoxy) is 1. The number of aryl methyl sites for hydroxylation is 2. The van der Waals surface area contributed by atoms with Crippen molar-refractivity contribution in [3.05, 3.63) is 23.5 Å². The third-order valence-electron chi connectivity index (χ3n) is 2.07. The standard InChI is InChI=1S/C12H17N3O3/c1-4-10-11(6-5-8(2)14-10)17-7-12(13)15-18-9(3)16/h5-6H,4,7H2,1-3H3,(H2,13,15). The van der Waals surface area contributed by atoms with Crippen LogP contribution >= 0.6 is 0 Å². The van der Waals surface area contributed by atoms with Crippen LogP contribution in [0.1, 0.15) is 25.2 Å². The maximum Gasteiger partial charge on any atom is 0.332 e. The predicted octanol–water partition coefficient (Wildman–Crippen LogP) is 1.17. The fourth-order valence-corrected chi connectivity index (χ4v) is 1.28. The van der Waals surface area contributed by atoms with Crippen molar-refractivity contribution < 1.29 is 14.4 Å². The molecule has 0 saturated carbocycles. The van der Waals surface area contributed by atoms with Crippen LogP contribution in [0.4, 0.5) is 0 Å². The van der Waals surface area contributed by atoms with Crippen LogP contribution < -0.4 is 10.5 Å². The molecule has 2 N–H and O–H groups in total. The van der Waals surface area contributed by atoms with Gasteiger partial charge in [-0.2, -0.15) is 0 Å². The van der Waals surface area contributed by atoms with Crippen molar-refractivity contribution in [2.45, 2.75) is 27.2 Å². The fraction of sp³-hybridized carbons (Fsp3) is 0.417. The molecule has 0 spiro atoms. The summed E-state index contributed by atoms with van der Waals surface area (Å²) in [4.78, 5) is 19.3. The van der Waals surface area contributed by atoms with Gasteiger partial charge in [0.25, 0.3) is 0 Å². The molecule has 1 aromatic heterocycles. The molecule has 0 amide bonds. The number of aromatic nitrogens is 1. The second-order valence-corrected chi connectivity index (χ2v) is 3.71. The summed E-state index contributed by atoms with van der Waals surface area (Å²) in [5, 5.41) is 3.41. The molecule has 0 unspecified atom stereocenters. The maximum atomic E-state index is 10.5. The first-order valence-electron chi connectivity index (χ1n) is 5.62. The highest BCUT2D eigenvalue weighted by Crippen LogP contribution is 2.17. The normalized spacial score (nSPS) is 11.2. The first kappa shape index (κ1) is 14.0. The number of rotatable bonds is 5. The summed E-state index contributed by atoms with van der Waals surface area (Å²) in [6.45, 7) is 5.20. The van der Waals surface area contributed by atoms with E-state index in [2.05, 4.69) is 15.0 Å². The van der Waals surface area contributed by atoms with Gasteiger partial charge in [-0.05, 0) is 25.5 Å². The van der Waals surface area contributed by atoms with E-state index in [1.165, 1.54) is 6.92 Å². The van der Waals surface area contributed by atoms with Gasteiger partial charge in [-0.25, -0.2) is 4.79 Å². The average molecular weight is 251 g/mol. The molecule has 0 fully saturated rings. The number of hydrogen-bond acceptors (Lipinski definition) is 5. The van der Waals surface area contributed by atoms with Crippen LogP contribution in [0, 0.1) is 6.92 Å². The van der Waals surface area contributed by atoms with Gasteiger partial charge in [-0.15, -0.1) is 0 Å². The third-order valence-corrected chi connectivity index (χ3v) is 2.07. The second-order valence-electron chi connectivity index (χ2n) is 3.71. The Labute approximate surface area is 106 Å². The Bertz CT molecular complexity index is 458. The second kappa shape index (κ2) is 6.58. The van der Waals surface area contributed by atoms with E-state index < -0.39 is 5.97 Å². The van der Waals surface area contributed by atoms with E-state index in [-0.39, 0.29) is 12.4 Å². The first-order chi connectivity index (χ1) is 8.52. The smallest absolute Gasteiger partial charge is 0.332 e. The van der Waals surface area contributed by atoms with E-state index in [4.69, 9.17) is 10.5 Å². The van der Waals surface area contributed by atoms with Gasteiger partial charge in [-0.3, -0.25) is 4.98 Å². The molecule has 6 nitrogen and oxygen atoms in total. The Morgan fingerprint density at radius 2 is 2.22 bits per heavy atom. The Balaban J connectivity index is 2.63. The number of carbonyl (C=O) groups excluding carboxylic acids is 1. The van der Waals surface area contributed by atoms with Crippen LogP contribution in [0.2, 0.25) is 0 Å². The van der Waals surface area contributed by atoms with Crippen LogP contribution in [0.3, 0.4) is 0 Å². The summed E-state index contributed by atoms with van der Waals surface area (Å²) in [6, 6.07) is 3.69. The summed E-state index contributed by atoms with van der Waals surface area (Å²) < 4.78 is 5.47. The molecule has 0 aromatic carbocycles. The van der Waals surface area contributed by atoms with Crippen molar-refractivity contribution in [1.82, 2.24) is 4.98 Å². The van der Waals surface area contributed by atoms with E-state index in [0.29, 0.717) is 5.75 Å². The molecule has 0 atom stereocenters. The Kier molecular flexibility index (Phi) is 5.10. The number of nitrogens with zero attached hydrogens (tertiary/aromatic N) is 2. The minimum Gasteiger partial charge on any atom is -0.484 e. The van der Waals surface area contributed by atoms with E-state index in [1.54, 1.807) is 0 Å². The van der Waals surface area contributed by atoms with Crippen molar-refractivity contribution in [2.75, 3.05) is 6.61 Å². The molecule has 1 aromatic rings. The van der Waals surface area contributed by atoms with Gasteiger partial charge in [-0.1, -0.05) is 12.1 Å². The molecule has 18 heavy (non-hydrogen) atoms. The number of amidine groups is 1. The lowest BCUT2D eigenvalue weighted by molar-refractivity contribution is -0.141. The van der Waals surface area contributed by atoms with E-state index >= 15 is 0 Å². The van der Waals surface area contributed by atoms with Crippen molar-refractivity contribution in [3.63, 3.8) is 0 Å². The minimum atomic E-state index is -0.524. The molecular weight excluding hydrogens is 234 g/mol. The van der Waals surface area contributed by atoms with Crippen molar-refractivity contribution in [3.8, 4) is 5.75 Å². The minimum absolute atomic E-state index is 0.0466. The molecule has 6 heteroatoms. The van der Waals surface area contributed by atoms with Crippen molar-refractivity contribution >= 4 is 11.8 Å². The summed E-state index contributed by atoms with van der Waals surface area (Å²) in [5.74, 6) is 0.223. The van der Waals surface area contributed by atoms with Gasteiger partial charge < -0.3 is 15.3 Å². The van der Waals surface area contributed by atoms with Gasteiger partial charge in [0.1, 0.15) is 12.4 Å². The van der Waals surface area contributed by atoms with Crippen LogP contribution in [0.5, 0.6) is 5.75 Å². The average Bonchev–Trinajstić information content (AvgIpc) is 2.34. The molecule has 0 saturated heterocycles. The van der Waals surface area contributed by atoms with Crippen LogP contribution in [0.25, 0.3) is 0 Å². The zero-order valence-corrected chi connectivity index (χ0v) is 10.8. The zero-order valence-electron chi connectivity index (χ0n) is 10.8. The van der Waals surface area contributed by atoms with Crippen LogP contribution in [-0.4, -0.2) is 23.4 Å². The molecular formula is C12H17N3O3. The highest BCUT2D eigenvalue weighted by molar-refractivity contribution is 5.82. The van der Waals surface area contributed by atoms with Gasteiger partial charge in [0.05, 0.1) is 5.69 Å². The summed E-state index contributed by atoms with van der Waals surface area (Å²) in [6.07, 6.45) is 0.762.